The Bertz CT molecular complexity index is 1320. The molecule has 1 fully saturated rings. The maximum atomic E-state index is 13.4. The molecule has 196 valence electrons. The van der Waals surface area contributed by atoms with Crippen molar-refractivity contribution in [3.05, 3.63) is 57.6 Å². The third kappa shape index (κ3) is 3.85. The molecule has 6 atom stereocenters. The molecular formula is C26H26FNO9. The van der Waals surface area contributed by atoms with E-state index < -0.39 is 95.7 Å². The van der Waals surface area contributed by atoms with Gasteiger partial charge in [0.05, 0.1) is 29.4 Å². The number of aliphatic hydroxyl groups excluding tert-OH is 1. The van der Waals surface area contributed by atoms with Gasteiger partial charge in [-0.1, -0.05) is 24.3 Å². The van der Waals surface area contributed by atoms with Crippen LogP contribution in [0.2, 0.25) is 0 Å². The van der Waals surface area contributed by atoms with Crippen LogP contribution in [-0.2, 0) is 20.7 Å². The standard InChI is InChI=1S/C26H26FNO9/c1-10-21(30)14(28)6-17(36-10)37-15-8-26(35,16(29)9-27)7-13-18(15)25(34)20-19(24(13)33)22(31)11-4-2-3-5-12(11)23(20)32/h2-5,10,14-15,17,21,30,33-35H,6-9,28H2,1H3. The molecule has 0 spiro atoms. The second-order valence-electron chi connectivity index (χ2n) is 9.80. The number of aromatic hydroxyl groups is 2. The highest BCUT2D eigenvalue weighted by atomic mass is 19.1. The fraction of sp³-hybridized carbons (Fsp3) is 0.423. The Morgan fingerprint density at radius 2 is 1.76 bits per heavy atom. The van der Waals surface area contributed by atoms with Crippen LogP contribution in [0.4, 0.5) is 4.39 Å². The van der Waals surface area contributed by atoms with Crippen molar-refractivity contribution in [2.45, 2.75) is 62.4 Å². The van der Waals surface area contributed by atoms with Gasteiger partial charge in [-0.3, -0.25) is 14.4 Å². The van der Waals surface area contributed by atoms with E-state index in [9.17, 15) is 39.2 Å². The number of rotatable bonds is 4. The summed E-state index contributed by atoms with van der Waals surface area (Å²) in [4.78, 5) is 39.0. The van der Waals surface area contributed by atoms with Gasteiger partial charge >= 0.3 is 0 Å². The number of halogens is 1. The van der Waals surface area contributed by atoms with E-state index in [2.05, 4.69) is 0 Å². The lowest BCUT2D eigenvalue weighted by Gasteiger charge is -2.42. The van der Waals surface area contributed by atoms with Gasteiger partial charge in [-0.05, 0) is 6.92 Å². The predicted octanol–water partition coefficient (Wildman–Crippen LogP) is 0.970. The Labute approximate surface area is 210 Å². The monoisotopic (exact) mass is 515 g/mol. The molecule has 6 N–H and O–H groups in total. The Morgan fingerprint density at radius 1 is 1.16 bits per heavy atom. The number of aliphatic hydroxyl groups is 2. The number of nitrogens with two attached hydrogens (primary N) is 1. The molecular weight excluding hydrogens is 489 g/mol. The zero-order valence-electron chi connectivity index (χ0n) is 19.8. The summed E-state index contributed by atoms with van der Waals surface area (Å²) in [6, 6.07) is 5.19. The number of ether oxygens (including phenoxy) is 2. The van der Waals surface area contributed by atoms with Gasteiger partial charge < -0.3 is 35.6 Å². The van der Waals surface area contributed by atoms with Crippen LogP contribution in [-0.4, -0.2) is 74.6 Å². The topological polar surface area (TPSA) is 177 Å². The van der Waals surface area contributed by atoms with E-state index in [-0.39, 0.29) is 28.7 Å². The Hall–Kier alpha value is -3.22. The summed E-state index contributed by atoms with van der Waals surface area (Å²) in [5, 5.41) is 43.7. The van der Waals surface area contributed by atoms with E-state index in [4.69, 9.17) is 15.2 Å². The lowest BCUT2D eigenvalue weighted by molar-refractivity contribution is -0.247. The van der Waals surface area contributed by atoms with Gasteiger partial charge in [0.25, 0.3) is 0 Å². The van der Waals surface area contributed by atoms with Crippen LogP contribution in [0.1, 0.15) is 68.8 Å². The Morgan fingerprint density at radius 3 is 2.32 bits per heavy atom. The smallest absolute Gasteiger partial charge is 0.198 e. The lowest BCUT2D eigenvalue weighted by Crippen LogP contribution is -2.52. The summed E-state index contributed by atoms with van der Waals surface area (Å²) < 4.78 is 25.1. The molecule has 37 heavy (non-hydrogen) atoms. The number of ketones is 3. The second-order valence-corrected chi connectivity index (χ2v) is 9.80. The van der Waals surface area contributed by atoms with Gasteiger partial charge in [0, 0.05) is 47.6 Å². The van der Waals surface area contributed by atoms with Crippen molar-refractivity contribution in [3.63, 3.8) is 0 Å². The van der Waals surface area contributed by atoms with Crippen LogP contribution in [0.25, 0.3) is 0 Å². The number of carbonyl (C=O) groups is 3. The molecule has 10 nitrogen and oxygen atoms in total. The van der Waals surface area contributed by atoms with Gasteiger partial charge in [0.15, 0.2) is 30.3 Å². The Balaban J connectivity index is 1.67. The van der Waals surface area contributed by atoms with E-state index >= 15 is 0 Å². The largest absolute Gasteiger partial charge is 0.507 e. The molecule has 5 rings (SSSR count). The minimum atomic E-state index is -2.34. The lowest BCUT2D eigenvalue weighted by atomic mass is 9.72. The summed E-state index contributed by atoms with van der Waals surface area (Å²) in [5.41, 5.74) is 2.45. The van der Waals surface area contributed by atoms with Gasteiger partial charge in [-0.25, -0.2) is 4.39 Å². The summed E-state index contributed by atoms with van der Waals surface area (Å²) in [6.45, 7) is 0.0638. The first-order valence-corrected chi connectivity index (χ1v) is 11.8. The maximum absolute atomic E-state index is 13.4. The molecule has 2 aromatic rings. The molecule has 1 heterocycles. The molecule has 1 aliphatic heterocycles. The number of Topliss-reactive ketones (excluding diaryl/α,β-unsaturated/α-hetero) is 1. The molecule has 2 aliphatic carbocycles. The average Bonchev–Trinajstić information content (AvgIpc) is 2.87. The maximum Gasteiger partial charge on any atom is 0.198 e. The molecule has 6 unspecified atom stereocenters. The molecule has 3 aliphatic rings. The molecule has 0 amide bonds. The van der Waals surface area contributed by atoms with Crippen molar-refractivity contribution in [3.8, 4) is 11.5 Å². The number of fused-ring (bicyclic) bond motifs is 3. The molecule has 1 saturated heterocycles. The fourth-order valence-corrected chi connectivity index (χ4v) is 5.49. The molecule has 11 heteroatoms. The third-order valence-corrected chi connectivity index (χ3v) is 7.48. The first-order chi connectivity index (χ1) is 17.5. The quantitative estimate of drug-likeness (QED) is 0.315. The van der Waals surface area contributed by atoms with Crippen LogP contribution in [0.5, 0.6) is 11.5 Å². The first kappa shape index (κ1) is 25.4. The number of phenols is 2. The van der Waals surface area contributed by atoms with Crippen molar-refractivity contribution in [1.29, 1.82) is 0 Å². The number of carbonyl (C=O) groups excluding carboxylic acids is 3. The number of benzene rings is 2. The minimum absolute atomic E-state index is 0.00923. The third-order valence-electron chi connectivity index (χ3n) is 7.48. The van der Waals surface area contributed by atoms with Crippen LogP contribution in [0.3, 0.4) is 0 Å². The zero-order valence-corrected chi connectivity index (χ0v) is 19.8. The average molecular weight is 515 g/mol. The number of alkyl halides is 1. The highest BCUT2D eigenvalue weighted by molar-refractivity contribution is 6.30. The normalized spacial score (nSPS) is 30.9. The van der Waals surface area contributed by atoms with Crippen LogP contribution < -0.4 is 5.73 Å². The van der Waals surface area contributed by atoms with Gasteiger partial charge in [0.1, 0.15) is 17.1 Å². The molecule has 0 bridgehead atoms. The summed E-state index contributed by atoms with van der Waals surface area (Å²) >= 11 is 0. The minimum Gasteiger partial charge on any atom is -0.507 e. The van der Waals surface area contributed by atoms with Crippen LogP contribution in [0.15, 0.2) is 24.3 Å². The predicted molar refractivity (Wildman–Crippen MR) is 124 cm³/mol. The van der Waals surface area contributed by atoms with Gasteiger partial charge in [0.2, 0.25) is 0 Å². The number of hydrogen-bond acceptors (Lipinski definition) is 10. The van der Waals surface area contributed by atoms with E-state index in [1.807, 2.05) is 0 Å². The summed E-state index contributed by atoms with van der Waals surface area (Å²) in [7, 11) is 0. The number of hydrogen-bond donors (Lipinski definition) is 5. The molecule has 2 aromatic carbocycles. The van der Waals surface area contributed by atoms with Crippen LogP contribution in [0, 0.1) is 0 Å². The summed E-state index contributed by atoms with van der Waals surface area (Å²) in [6.07, 6.45) is -5.28. The van der Waals surface area contributed by atoms with E-state index in [0.29, 0.717) is 0 Å². The van der Waals surface area contributed by atoms with E-state index in [1.165, 1.54) is 12.1 Å². The van der Waals surface area contributed by atoms with Crippen LogP contribution >= 0.6 is 0 Å². The molecule has 0 radical (unpaired) electrons. The van der Waals surface area contributed by atoms with Gasteiger partial charge in [-0.15, -0.1) is 0 Å². The van der Waals surface area contributed by atoms with Crippen molar-refractivity contribution in [2.75, 3.05) is 6.67 Å². The van der Waals surface area contributed by atoms with Crippen molar-refractivity contribution in [2.24, 2.45) is 5.73 Å². The fourth-order valence-electron chi connectivity index (χ4n) is 5.49. The first-order valence-electron chi connectivity index (χ1n) is 11.8. The van der Waals surface area contributed by atoms with Crippen molar-refractivity contribution < 1.29 is 48.7 Å². The van der Waals surface area contributed by atoms with Crippen molar-refractivity contribution >= 4 is 17.3 Å². The molecule has 0 saturated carbocycles. The van der Waals surface area contributed by atoms with Crippen molar-refractivity contribution in [1.82, 2.24) is 0 Å². The Kier molecular flexibility index (Phi) is 6.16. The van der Waals surface area contributed by atoms with Gasteiger partial charge in [-0.2, -0.15) is 0 Å². The molecule has 0 aromatic heterocycles. The second kappa shape index (κ2) is 8.96. The zero-order chi connectivity index (χ0) is 26.8. The summed E-state index contributed by atoms with van der Waals surface area (Å²) in [5.74, 6) is -3.97. The highest BCUT2D eigenvalue weighted by Gasteiger charge is 2.50. The van der Waals surface area contributed by atoms with E-state index in [0.717, 1.165) is 0 Å². The highest BCUT2D eigenvalue weighted by Crippen LogP contribution is 2.52. The van der Waals surface area contributed by atoms with E-state index in [1.54, 1.807) is 19.1 Å². The SMILES string of the molecule is CC1OC(OC2CC(O)(C(=O)CF)Cc3c(O)c4c(c(O)c32)C(=O)c2ccccc2C4=O)CC(N)C1O. The number of phenolic OH excluding ortho intramolecular Hbond substituents is 2.